The molecule has 0 spiro atoms. The zero-order valence-corrected chi connectivity index (χ0v) is 6.87. The van der Waals surface area contributed by atoms with E-state index < -0.39 is 0 Å². The van der Waals surface area contributed by atoms with Crippen molar-refractivity contribution < 1.29 is 4.74 Å². The molecule has 1 rings (SSSR count). The number of hydrogen-bond acceptors (Lipinski definition) is 3. The van der Waals surface area contributed by atoms with Crippen LogP contribution in [0.25, 0.3) is 0 Å². The van der Waals surface area contributed by atoms with Gasteiger partial charge in [-0.2, -0.15) is 0 Å². The lowest BCUT2D eigenvalue weighted by Crippen LogP contribution is -2.18. The summed E-state index contributed by atoms with van der Waals surface area (Å²) in [5.74, 6) is 0.404. The minimum absolute atomic E-state index is 0.0538. The van der Waals surface area contributed by atoms with E-state index in [0.717, 1.165) is 12.8 Å². The Labute approximate surface area is 66.2 Å². The summed E-state index contributed by atoms with van der Waals surface area (Å²) in [6, 6.07) is -0.0538. The van der Waals surface area contributed by atoms with Gasteiger partial charge in [-0.1, -0.05) is 19.0 Å². The maximum atomic E-state index is 7.04. The second kappa shape index (κ2) is 3.46. The van der Waals surface area contributed by atoms with Crippen LogP contribution < -0.4 is 0 Å². The fourth-order valence-corrected chi connectivity index (χ4v) is 1.15. The predicted octanol–water partition coefficient (Wildman–Crippen LogP) is 2.17. The zero-order valence-electron chi connectivity index (χ0n) is 6.87. The van der Waals surface area contributed by atoms with Crippen LogP contribution in [0.1, 0.15) is 26.7 Å². The normalized spacial score (nSPS) is 22.8. The van der Waals surface area contributed by atoms with Gasteiger partial charge in [0.1, 0.15) is 0 Å². The minimum atomic E-state index is -0.197. The SMILES string of the molecule is CCC(CC)C1N=NC(=N)O1. The van der Waals surface area contributed by atoms with Gasteiger partial charge in [0.15, 0.2) is 0 Å². The first-order valence-corrected chi connectivity index (χ1v) is 3.94. The molecular formula is C7H13N3O. The van der Waals surface area contributed by atoms with Crippen molar-refractivity contribution in [3.05, 3.63) is 0 Å². The van der Waals surface area contributed by atoms with E-state index in [2.05, 4.69) is 24.1 Å². The molecule has 0 fully saturated rings. The Morgan fingerprint density at radius 1 is 1.55 bits per heavy atom. The van der Waals surface area contributed by atoms with E-state index in [1.165, 1.54) is 0 Å². The van der Waals surface area contributed by atoms with Crippen LogP contribution in [-0.2, 0) is 4.74 Å². The quantitative estimate of drug-likeness (QED) is 0.667. The van der Waals surface area contributed by atoms with Crippen molar-refractivity contribution in [2.45, 2.75) is 32.9 Å². The highest BCUT2D eigenvalue weighted by atomic mass is 16.5. The highest BCUT2D eigenvalue weighted by molar-refractivity contribution is 5.71. The molecule has 0 amide bonds. The first-order valence-electron chi connectivity index (χ1n) is 3.94. The molecule has 1 atom stereocenters. The summed E-state index contributed by atoms with van der Waals surface area (Å²) in [5, 5.41) is 14.4. The maximum Gasteiger partial charge on any atom is 0.329 e. The molecule has 0 saturated heterocycles. The van der Waals surface area contributed by atoms with Crippen molar-refractivity contribution in [1.82, 2.24) is 0 Å². The van der Waals surface area contributed by atoms with Gasteiger partial charge in [0.2, 0.25) is 6.23 Å². The summed E-state index contributed by atoms with van der Waals surface area (Å²) in [6.07, 6.45) is 1.85. The number of rotatable bonds is 3. The van der Waals surface area contributed by atoms with E-state index in [9.17, 15) is 0 Å². The van der Waals surface area contributed by atoms with Crippen molar-refractivity contribution >= 4 is 6.02 Å². The molecule has 1 heterocycles. The smallest absolute Gasteiger partial charge is 0.329 e. The van der Waals surface area contributed by atoms with Crippen LogP contribution in [0.5, 0.6) is 0 Å². The van der Waals surface area contributed by atoms with Crippen molar-refractivity contribution in [2.75, 3.05) is 0 Å². The summed E-state index contributed by atoms with van der Waals surface area (Å²) in [5.41, 5.74) is 0. The Morgan fingerprint density at radius 3 is 2.55 bits per heavy atom. The van der Waals surface area contributed by atoms with Gasteiger partial charge in [0.25, 0.3) is 0 Å². The number of nitrogens with one attached hydrogen (secondary N) is 1. The van der Waals surface area contributed by atoms with E-state index in [1.807, 2.05) is 0 Å². The van der Waals surface area contributed by atoms with Crippen molar-refractivity contribution in [3.8, 4) is 0 Å². The van der Waals surface area contributed by atoms with Crippen LogP contribution >= 0.6 is 0 Å². The van der Waals surface area contributed by atoms with Crippen LogP contribution in [0.2, 0.25) is 0 Å². The van der Waals surface area contributed by atoms with Crippen LogP contribution in [0.4, 0.5) is 0 Å². The molecule has 1 aliphatic rings. The maximum absolute atomic E-state index is 7.04. The van der Waals surface area contributed by atoms with Crippen LogP contribution in [0.3, 0.4) is 0 Å². The summed E-state index contributed by atoms with van der Waals surface area (Å²) in [6.45, 7) is 4.18. The second-order valence-corrected chi connectivity index (χ2v) is 2.61. The Hall–Kier alpha value is -0.930. The molecule has 1 aliphatic heterocycles. The molecule has 1 unspecified atom stereocenters. The summed E-state index contributed by atoms with van der Waals surface area (Å²) in [4.78, 5) is 0. The van der Waals surface area contributed by atoms with Gasteiger partial charge in [-0.05, 0) is 12.8 Å². The molecule has 0 aromatic rings. The Bertz CT molecular complexity index is 175. The topological polar surface area (TPSA) is 57.8 Å². The molecule has 0 radical (unpaired) electrons. The molecule has 11 heavy (non-hydrogen) atoms. The van der Waals surface area contributed by atoms with Crippen LogP contribution in [-0.4, -0.2) is 12.2 Å². The van der Waals surface area contributed by atoms with Gasteiger partial charge in [-0.3, -0.25) is 0 Å². The molecule has 62 valence electrons. The van der Waals surface area contributed by atoms with E-state index in [1.54, 1.807) is 0 Å². The van der Waals surface area contributed by atoms with Crippen molar-refractivity contribution in [1.29, 1.82) is 5.41 Å². The van der Waals surface area contributed by atoms with Crippen LogP contribution in [0.15, 0.2) is 10.2 Å². The third-order valence-corrected chi connectivity index (χ3v) is 1.95. The first-order chi connectivity index (χ1) is 5.27. The minimum Gasteiger partial charge on any atom is -0.435 e. The van der Waals surface area contributed by atoms with Crippen molar-refractivity contribution in [2.24, 2.45) is 16.1 Å². The average molecular weight is 155 g/mol. The highest BCUT2D eigenvalue weighted by Gasteiger charge is 2.24. The molecule has 0 saturated carbocycles. The van der Waals surface area contributed by atoms with Gasteiger partial charge in [0.05, 0.1) is 0 Å². The highest BCUT2D eigenvalue weighted by Crippen LogP contribution is 2.21. The molecule has 4 nitrogen and oxygen atoms in total. The van der Waals surface area contributed by atoms with E-state index in [4.69, 9.17) is 10.1 Å². The Kier molecular flexibility index (Phi) is 2.57. The monoisotopic (exact) mass is 155 g/mol. The zero-order chi connectivity index (χ0) is 8.27. The Morgan fingerprint density at radius 2 is 2.18 bits per heavy atom. The lowest BCUT2D eigenvalue weighted by molar-refractivity contribution is 0.137. The molecule has 4 heteroatoms. The fraction of sp³-hybridized carbons (Fsp3) is 0.857. The van der Waals surface area contributed by atoms with Gasteiger partial charge >= 0.3 is 6.02 Å². The molecule has 0 aromatic heterocycles. The number of ether oxygens (including phenoxy) is 1. The van der Waals surface area contributed by atoms with Gasteiger partial charge in [0, 0.05) is 5.92 Å². The summed E-state index contributed by atoms with van der Waals surface area (Å²) >= 11 is 0. The third kappa shape index (κ3) is 1.76. The van der Waals surface area contributed by atoms with E-state index in [0.29, 0.717) is 5.92 Å². The number of amidine groups is 1. The first kappa shape index (κ1) is 8.17. The second-order valence-electron chi connectivity index (χ2n) is 2.61. The lowest BCUT2D eigenvalue weighted by Gasteiger charge is -2.15. The molecule has 0 aromatic carbocycles. The predicted molar refractivity (Wildman–Crippen MR) is 41.5 cm³/mol. The molecule has 1 N–H and O–H groups in total. The Balaban J connectivity index is 2.48. The van der Waals surface area contributed by atoms with Gasteiger partial charge in [-0.15, -0.1) is 5.11 Å². The van der Waals surface area contributed by atoms with Gasteiger partial charge in [-0.25, -0.2) is 5.41 Å². The average Bonchev–Trinajstić information content (AvgIpc) is 2.39. The van der Waals surface area contributed by atoms with Crippen LogP contribution in [0, 0.1) is 11.3 Å². The molecular weight excluding hydrogens is 142 g/mol. The van der Waals surface area contributed by atoms with E-state index >= 15 is 0 Å². The largest absolute Gasteiger partial charge is 0.435 e. The number of hydrogen-bond donors (Lipinski definition) is 1. The number of azo groups is 1. The van der Waals surface area contributed by atoms with Gasteiger partial charge < -0.3 is 4.74 Å². The van der Waals surface area contributed by atoms with Crippen molar-refractivity contribution in [3.63, 3.8) is 0 Å². The standard InChI is InChI=1S/C7H13N3O/c1-3-5(4-2)6-9-10-7(8)11-6/h5-6,8H,3-4H2,1-2H3. The molecule has 0 aliphatic carbocycles. The summed E-state index contributed by atoms with van der Waals surface area (Å²) < 4.78 is 5.06. The molecule has 0 bridgehead atoms. The summed E-state index contributed by atoms with van der Waals surface area (Å²) in [7, 11) is 0. The lowest BCUT2D eigenvalue weighted by atomic mass is 10.0. The van der Waals surface area contributed by atoms with E-state index in [-0.39, 0.29) is 12.2 Å². The number of nitrogens with zero attached hydrogens (tertiary/aromatic N) is 2. The fourth-order valence-electron chi connectivity index (χ4n) is 1.15. The third-order valence-electron chi connectivity index (χ3n) is 1.95.